The van der Waals surface area contributed by atoms with Crippen molar-refractivity contribution in [3.63, 3.8) is 0 Å². The fraction of sp³-hybridized carbons (Fsp3) is 0. The van der Waals surface area contributed by atoms with Crippen LogP contribution in [0, 0.1) is 5.41 Å². The van der Waals surface area contributed by atoms with Crippen LogP contribution in [0.15, 0.2) is 89.9 Å². The largest absolute Gasteiger partial charge is 0.507 e. The first-order valence-electron chi connectivity index (χ1n) is 8.24. The van der Waals surface area contributed by atoms with Crippen LogP contribution in [0.1, 0.15) is 5.56 Å². The van der Waals surface area contributed by atoms with Crippen LogP contribution in [0.2, 0.25) is 0 Å². The smallest absolute Gasteiger partial charge is 0.122 e. The zero-order chi connectivity index (χ0) is 18.4. The van der Waals surface area contributed by atoms with Gasteiger partial charge in [0.05, 0.1) is 0 Å². The van der Waals surface area contributed by atoms with Gasteiger partial charge in [0.25, 0.3) is 0 Å². The Labute approximate surface area is 159 Å². The number of hydrogen-bond acceptors (Lipinski definition) is 3. The molecule has 3 aromatic carbocycles. The summed E-state index contributed by atoms with van der Waals surface area (Å²) in [5.41, 5.74) is 5.00. The van der Waals surface area contributed by atoms with Crippen molar-refractivity contribution < 1.29 is 5.11 Å². The molecule has 128 valence electrons. The molecular weight excluding hydrogens is 338 g/mol. The Morgan fingerprint density at radius 3 is 2.27 bits per heavy atom. The molecule has 2 nitrogen and oxygen atoms in total. The molecule has 0 unspecified atom stereocenters. The molecule has 3 aromatic rings. The topological polar surface area (TPSA) is 44.1 Å². The van der Waals surface area contributed by atoms with Gasteiger partial charge in [-0.1, -0.05) is 60.7 Å². The van der Waals surface area contributed by atoms with Gasteiger partial charge in [0, 0.05) is 16.7 Å². The van der Waals surface area contributed by atoms with Gasteiger partial charge in [-0.15, -0.1) is 12.6 Å². The molecule has 3 heteroatoms. The van der Waals surface area contributed by atoms with Crippen LogP contribution < -0.4 is 0 Å². The molecule has 0 bridgehead atoms. The number of rotatable bonds is 5. The van der Waals surface area contributed by atoms with Crippen LogP contribution in [0.5, 0.6) is 5.75 Å². The van der Waals surface area contributed by atoms with E-state index in [9.17, 15) is 5.11 Å². The van der Waals surface area contributed by atoms with E-state index in [4.69, 9.17) is 5.41 Å². The Kier molecular flexibility index (Phi) is 5.72. The molecule has 0 fully saturated rings. The minimum Gasteiger partial charge on any atom is -0.507 e. The van der Waals surface area contributed by atoms with Gasteiger partial charge in [0.1, 0.15) is 5.75 Å². The third-order valence-electron chi connectivity index (χ3n) is 4.04. The lowest BCUT2D eigenvalue weighted by Crippen LogP contribution is -1.85. The van der Waals surface area contributed by atoms with Gasteiger partial charge >= 0.3 is 0 Å². The van der Waals surface area contributed by atoms with E-state index in [0.717, 1.165) is 32.7 Å². The highest BCUT2D eigenvalue weighted by molar-refractivity contribution is 7.80. The lowest BCUT2D eigenvalue weighted by molar-refractivity contribution is 0.474. The predicted molar refractivity (Wildman–Crippen MR) is 113 cm³/mol. The number of phenols is 1. The van der Waals surface area contributed by atoms with Crippen LogP contribution in [0.3, 0.4) is 0 Å². The summed E-state index contributed by atoms with van der Waals surface area (Å²) >= 11 is 4.59. The zero-order valence-corrected chi connectivity index (χ0v) is 15.0. The van der Waals surface area contributed by atoms with Gasteiger partial charge in [-0.3, -0.25) is 0 Å². The van der Waals surface area contributed by atoms with Crippen molar-refractivity contribution in [2.75, 3.05) is 0 Å². The molecule has 0 heterocycles. The van der Waals surface area contributed by atoms with E-state index < -0.39 is 0 Å². The van der Waals surface area contributed by atoms with E-state index >= 15 is 0 Å². The van der Waals surface area contributed by atoms with Crippen molar-refractivity contribution in [1.82, 2.24) is 0 Å². The quantitative estimate of drug-likeness (QED) is 0.283. The summed E-state index contributed by atoms with van der Waals surface area (Å²) in [6.07, 6.45) is 8.21. The van der Waals surface area contributed by atoms with Crippen molar-refractivity contribution >= 4 is 24.9 Å². The molecule has 0 amide bonds. The third-order valence-corrected chi connectivity index (χ3v) is 4.43. The standard InChI is InChI=1S/C23H19NOS/c24-14-6-2-5-9-20-15-18(10-12-22(20)25)19-11-13-23(26)21(16-19)17-7-3-1-4-8-17/h1-16,24-26H/b6-2-,9-5+,24-14?. The number of hydrogen-bond donors (Lipinski definition) is 3. The number of phenolic OH excluding ortho intramolecular Hbond substituents is 1. The summed E-state index contributed by atoms with van der Waals surface area (Å²) in [5, 5.41) is 17.1. The Balaban J connectivity index is 2.00. The van der Waals surface area contributed by atoms with Crippen LogP contribution in [-0.2, 0) is 0 Å². The lowest BCUT2D eigenvalue weighted by Gasteiger charge is -2.10. The van der Waals surface area contributed by atoms with Gasteiger partial charge in [-0.2, -0.15) is 0 Å². The Morgan fingerprint density at radius 2 is 1.50 bits per heavy atom. The summed E-state index contributed by atoms with van der Waals surface area (Å²) in [6.45, 7) is 0. The fourth-order valence-corrected chi connectivity index (χ4v) is 2.98. The highest BCUT2D eigenvalue weighted by atomic mass is 32.1. The summed E-state index contributed by atoms with van der Waals surface area (Å²) in [6, 6.07) is 21.9. The highest BCUT2D eigenvalue weighted by Gasteiger charge is 2.07. The molecule has 0 aromatic heterocycles. The predicted octanol–water partition coefficient (Wildman–Crippen LogP) is 6.23. The number of aromatic hydroxyl groups is 1. The van der Waals surface area contributed by atoms with E-state index in [-0.39, 0.29) is 5.75 Å². The average Bonchev–Trinajstić information content (AvgIpc) is 2.68. The molecule has 3 rings (SSSR count). The SMILES string of the molecule is N=C/C=C\C=C\c1cc(-c2ccc(S)c(-c3ccccc3)c2)ccc1O. The van der Waals surface area contributed by atoms with Crippen molar-refractivity contribution in [1.29, 1.82) is 5.41 Å². The minimum atomic E-state index is 0.224. The molecule has 0 saturated heterocycles. The van der Waals surface area contributed by atoms with Crippen LogP contribution in [-0.4, -0.2) is 11.3 Å². The maximum atomic E-state index is 10.1. The van der Waals surface area contributed by atoms with Crippen molar-refractivity contribution in [2.24, 2.45) is 0 Å². The summed E-state index contributed by atoms with van der Waals surface area (Å²) in [5.74, 6) is 0.224. The first-order valence-corrected chi connectivity index (χ1v) is 8.69. The van der Waals surface area contributed by atoms with E-state index in [1.807, 2.05) is 48.5 Å². The summed E-state index contributed by atoms with van der Waals surface area (Å²) in [4.78, 5) is 0.927. The molecule has 0 aliphatic carbocycles. The van der Waals surface area contributed by atoms with Gasteiger partial charge in [0.2, 0.25) is 0 Å². The van der Waals surface area contributed by atoms with Crippen LogP contribution in [0.25, 0.3) is 28.3 Å². The molecule has 26 heavy (non-hydrogen) atoms. The number of benzene rings is 3. The molecule has 0 aliphatic heterocycles. The molecule has 0 aliphatic rings. The first-order chi connectivity index (χ1) is 12.7. The second-order valence-corrected chi connectivity index (χ2v) is 6.26. The number of allylic oxidation sites excluding steroid dienone is 3. The summed E-state index contributed by atoms with van der Waals surface area (Å²) < 4.78 is 0. The van der Waals surface area contributed by atoms with Gasteiger partial charge in [0.15, 0.2) is 0 Å². The second-order valence-electron chi connectivity index (χ2n) is 5.78. The van der Waals surface area contributed by atoms with Crippen LogP contribution >= 0.6 is 12.6 Å². The Morgan fingerprint density at radius 1 is 0.769 bits per heavy atom. The molecule has 2 N–H and O–H groups in total. The van der Waals surface area contributed by atoms with Gasteiger partial charge < -0.3 is 10.5 Å². The van der Waals surface area contributed by atoms with E-state index in [1.54, 1.807) is 24.3 Å². The van der Waals surface area contributed by atoms with Crippen molar-refractivity contribution in [3.05, 3.63) is 90.5 Å². The Bertz CT molecular complexity index is 975. The number of nitrogens with one attached hydrogen (secondary N) is 1. The lowest BCUT2D eigenvalue weighted by atomic mass is 9.97. The van der Waals surface area contributed by atoms with E-state index in [1.165, 1.54) is 6.21 Å². The maximum Gasteiger partial charge on any atom is 0.122 e. The van der Waals surface area contributed by atoms with Gasteiger partial charge in [-0.05, 0) is 52.6 Å². The monoisotopic (exact) mass is 357 g/mol. The average molecular weight is 357 g/mol. The fourth-order valence-electron chi connectivity index (χ4n) is 2.71. The number of thiol groups is 1. The third kappa shape index (κ3) is 4.13. The van der Waals surface area contributed by atoms with Crippen molar-refractivity contribution in [2.45, 2.75) is 4.90 Å². The van der Waals surface area contributed by atoms with E-state index in [0.29, 0.717) is 0 Å². The maximum absolute atomic E-state index is 10.1. The van der Waals surface area contributed by atoms with Gasteiger partial charge in [-0.25, -0.2) is 0 Å². The van der Waals surface area contributed by atoms with Crippen molar-refractivity contribution in [3.8, 4) is 28.0 Å². The molecular formula is C23H19NOS. The molecule has 0 saturated carbocycles. The normalized spacial score (nSPS) is 11.3. The molecule has 0 radical (unpaired) electrons. The Hall–Kier alpha value is -3.04. The highest BCUT2D eigenvalue weighted by Crippen LogP contribution is 2.33. The first kappa shape index (κ1) is 17.8. The second kappa shape index (κ2) is 8.37. The zero-order valence-electron chi connectivity index (χ0n) is 14.1. The molecule has 0 atom stereocenters. The summed E-state index contributed by atoms with van der Waals surface area (Å²) in [7, 11) is 0. The minimum absolute atomic E-state index is 0.224. The van der Waals surface area contributed by atoms with Crippen LogP contribution in [0.4, 0.5) is 0 Å². The molecule has 0 spiro atoms. The van der Waals surface area contributed by atoms with E-state index in [2.05, 4.69) is 30.8 Å².